The van der Waals surface area contributed by atoms with Gasteiger partial charge >= 0.3 is 6.09 Å². The number of hydrogen-bond acceptors (Lipinski definition) is 5. The van der Waals surface area contributed by atoms with Crippen molar-refractivity contribution in [2.75, 3.05) is 5.32 Å². The number of amides is 1. The van der Waals surface area contributed by atoms with Crippen LogP contribution < -0.4 is 10.1 Å². The molecule has 0 aliphatic heterocycles. The standard InChI is InChI=1S/C20H15N3O3/c21-12-15-6-8-17(9-7-15)26-18-10-11-19(22-13-18)23-20(24)25-14-16-4-2-1-3-5-16/h1-11,13H,14H2,(H,22,23,24). The fraction of sp³-hybridized carbons (Fsp3) is 0.0500. The number of carbonyl (C=O) groups is 1. The lowest BCUT2D eigenvalue weighted by Gasteiger charge is -2.08. The second-order valence-electron chi connectivity index (χ2n) is 5.30. The summed E-state index contributed by atoms with van der Waals surface area (Å²) in [5.74, 6) is 1.46. The molecule has 1 aromatic heterocycles. The van der Waals surface area contributed by atoms with E-state index in [2.05, 4.69) is 10.3 Å². The van der Waals surface area contributed by atoms with Crippen molar-refractivity contribution in [1.29, 1.82) is 5.26 Å². The molecule has 3 rings (SSSR count). The van der Waals surface area contributed by atoms with Gasteiger partial charge in [0.1, 0.15) is 23.9 Å². The predicted octanol–water partition coefficient (Wildman–Crippen LogP) is 4.49. The van der Waals surface area contributed by atoms with E-state index in [1.807, 2.05) is 36.4 Å². The number of carbonyl (C=O) groups excluding carboxylic acids is 1. The van der Waals surface area contributed by atoms with Gasteiger partial charge < -0.3 is 9.47 Å². The Kier molecular flexibility index (Phi) is 5.43. The quantitative estimate of drug-likeness (QED) is 0.736. The zero-order chi connectivity index (χ0) is 18.2. The van der Waals surface area contributed by atoms with Crippen molar-refractivity contribution in [2.24, 2.45) is 0 Å². The van der Waals surface area contributed by atoms with Crippen LogP contribution in [0.3, 0.4) is 0 Å². The fourth-order valence-corrected chi connectivity index (χ4v) is 2.11. The SMILES string of the molecule is N#Cc1ccc(Oc2ccc(NC(=O)OCc3ccccc3)nc2)cc1. The van der Waals surface area contributed by atoms with Gasteiger partial charge in [0, 0.05) is 0 Å². The number of hydrogen-bond donors (Lipinski definition) is 1. The first kappa shape index (κ1) is 17.0. The number of nitrogens with zero attached hydrogens (tertiary/aromatic N) is 2. The zero-order valence-electron chi connectivity index (χ0n) is 13.8. The third-order valence-corrected chi connectivity index (χ3v) is 3.40. The lowest BCUT2D eigenvalue weighted by molar-refractivity contribution is 0.155. The van der Waals surface area contributed by atoms with Crippen LogP contribution >= 0.6 is 0 Å². The van der Waals surface area contributed by atoms with Gasteiger partial charge in [-0.25, -0.2) is 9.78 Å². The highest BCUT2D eigenvalue weighted by Crippen LogP contribution is 2.21. The Hall–Kier alpha value is -3.85. The van der Waals surface area contributed by atoms with E-state index in [0.717, 1.165) is 5.56 Å². The van der Waals surface area contributed by atoms with E-state index in [1.54, 1.807) is 36.4 Å². The molecule has 0 unspecified atom stereocenters. The second kappa shape index (κ2) is 8.31. The van der Waals surface area contributed by atoms with Crippen molar-refractivity contribution in [2.45, 2.75) is 6.61 Å². The van der Waals surface area contributed by atoms with Gasteiger partial charge in [-0.1, -0.05) is 30.3 Å². The van der Waals surface area contributed by atoms with Gasteiger partial charge in [-0.2, -0.15) is 5.26 Å². The maximum absolute atomic E-state index is 11.8. The highest BCUT2D eigenvalue weighted by atomic mass is 16.5. The number of nitriles is 1. The summed E-state index contributed by atoms with van der Waals surface area (Å²) in [5.41, 5.74) is 1.46. The van der Waals surface area contributed by atoms with Gasteiger partial charge in [0.25, 0.3) is 0 Å². The van der Waals surface area contributed by atoms with Crippen LogP contribution in [-0.2, 0) is 11.3 Å². The summed E-state index contributed by atoms with van der Waals surface area (Å²) in [7, 11) is 0. The Balaban J connectivity index is 1.52. The van der Waals surface area contributed by atoms with E-state index in [4.69, 9.17) is 14.7 Å². The first-order chi connectivity index (χ1) is 12.7. The van der Waals surface area contributed by atoms with Gasteiger partial charge in [0.05, 0.1) is 17.8 Å². The number of pyridine rings is 1. The molecule has 1 amide bonds. The van der Waals surface area contributed by atoms with Gasteiger partial charge in [-0.3, -0.25) is 5.32 Å². The smallest absolute Gasteiger partial charge is 0.413 e. The largest absolute Gasteiger partial charge is 0.456 e. The molecule has 6 nitrogen and oxygen atoms in total. The molecule has 0 saturated carbocycles. The molecule has 128 valence electrons. The van der Waals surface area contributed by atoms with Crippen LogP contribution in [0.5, 0.6) is 11.5 Å². The molecule has 26 heavy (non-hydrogen) atoms. The number of rotatable bonds is 5. The summed E-state index contributed by atoms with van der Waals surface area (Å²) in [4.78, 5) is 15.9. The van der Waals surface area contributed by atoms with E-state index >= 15 is 0 Å². The Morgan fingerprint density at radius 2 is 1.73 bits per heavy atom. The molecule has 0 radical (unpaired) electrons. The minimum atomic E-state index is -0.581. The van der Waals surface area contributed by atoms with Crippen molar-refractivity contribution < 1.29 is 14.3 Å². The molecule has 0 bridgehead atoms. The summed E-state index contributed by atoms with van der Waals surface area (Å²) >= 11 is 0. The molecule has 0 fully saturated rings. The molecule has 6 heteroatoms. The second-order valence-corrected chi connectivity index (χ2v) is 5.30. The van der Waals surface area contributed by atoms with Crippen LogP contribution in [-0.4, -0.2) is 11.1 Å². The molecule has 1 heterocycles. The third kappa shape index (κ3) is 4.82. The van der Waals surface area contributed by atoms with Crippen molar-refractivity contribution in [3.8, 4) is 17.6 Å². The van der Waals surface area contributed by atoms with Gasteiger partial charge in [-0.05, 0) is 42.0 Å². The van der Waals surface area contributed by atoms with Crippen LogP contribution in [0.4, 0.5) is 10.6 Å². The number of benzene rings is 2. The summed E-state index contributed by atoms with van der Waals surface area (Å²) in [6.07, 6.45) is 0.910. The highest BCUT2D eigenvalue weighted by Gasteiger charge is 2.05. The Labute approximate surface area is 150 Å². The molecule has 0 saturated heterocycles. The first-order valence-corrected chi connectivity index (χ1v) is 7.85. The molecular formula is C20H15N3O3. The monoisotopic (exact) mass is 345 g/mol. The molecule has 2 aromatic carbocycles. The van der Waals surface area contributed by atoms with Gasteiger partial charge in [0.2, 0.25) is 0 Å². The summed E-state index contributed by atoms with van der Waals surface area (Å²) in [6, 6.07) is 21.5. The Morgan fingerprint density at radius 1 is 1.00 bits per heavy atom. The highest BCUT2D eigenvalue weighted by molar-refractivity contribution is 5.83. The maximum atomic E-state index is 11.8. The lowest BCUT2D eigenvalue weighted by Crippen LogP contribution is -2.14. The molecular weight excluding hydrogens is 330 g/mol. The summed E-state index contributed by atoms with van der Waals surface area (Å²) in [5, 5.41) is 11.3. The maximum Gasteiger partial charge on any atom is 0.413 e. The van der Waals surface area contributed by atoms with Crippen molar-refractivity contribution in [3.63, 3.8) is 0 Å². The fourth-order valence-electron chi connectivity index (χ4n) is 2.11. The van der Waals surface area contributed by atoms with Crippen LogP contribution in [0.25, 0.3) is 0 Å². The van der Waals surface area contributed by atoms with Crippen molar-refractivity contribution in [3.05, 3.63) is 84.1 Å². The Bertz CT molecular complexity index is 902. The molecule has 0 atom stereocenters. The van der Waals surface area contributed by atoms with Crippen LogP contribution in [0, 0.1) is 11.3 Å². The average molecular weight is 345 g/mol. The van der Waals surface area contributed by atoms with Crippen LogP contribution in [0.15, 0.2) is 72.9 Å². The predicted molar refractivity (Wildman–Crippen MR) is 95.7 cm³/mol. The van der Waals surface area contributed by atoms with Crippen LogP contribution in [0.1, 0.15) is 11.1 Å². The van der Waals surface area contributed by atoms with E-state index in [9.17, 15) is 4.79 Å². The number of anilines is 1. The van der Waals surface area contributed by atoms with E-state index in [-0.39, 0.29) is 6.61 Å². The minimum absolute atomic E-state index is 0.187. The number of aromatic nitrogens is 1. The number of ether oxygens (including phenoxy) is 2. The number of nitrogens with one attached hydrogen (secondary N) is 1. The van der Waals surface area contributed by atoms with E-state index in [0.29, 0.717) is 22.9 Å². The van der Waals surface area contributed by atoms with E-state index in [1.165, 1.54) is 6.20 Å². The van der Waals surface area contributed by atoms with Crippen molar-refractivity contribution in [1.82, 2.24) is 4.98 Å². The Morgan fingerprint density at radius 3 is 2.38 bits per heavy atom. The average Bonchev–Trinajstić information content (AvgIpc) is 2.69. The van der Waals surface area contributed by atoms with Gasteiger partial charge in [-0.15, -0.1) is 0 Å². The summed E-state index contributed by atoms with van der Waals surface area (Å²) in [6.45, 7) is 0.187. The minimum Gasteiger partial charge on any atom is -0.456 e. The lowest BCUT2D eigenvalue weighted by atomic mass is 10.2. The normalized spacial score (nSPS) is 9.81. The topological polar surface area (TPSA) is 84.2 Å². The molecule has 3 aromatic rings. The van der Waals surface area contributed by atoms with Crippen molar-refractivity contribution >= 4 is 11.9 Å². The molecule has 1 N–H and O–H groups in total. The first-order valence-electron chi connectivity index (χ1n) is 7.85. The third-order valence-electron chi connectivity index (χ3n) is 3.40. The molecule has 0 aliphatic rings. The molecule has 0 aliphatic carbocycles. The molecule has 0 spiro atoms. The van der Waals surface area contributed by atoms with E-state index < -0.39 is 6.09 Å². The zero-order valence-corrected chi connectivity index (χ0v) is 13.8. The summed E-state index contributed by atoms with van der Waals surface area (Å²) < 4.78 is 10.8. The van der Waals surface area contributed by atoms with Crippen LogP contribution in [0.2, 0.25) is 0 Å². The van der Waals surface area contributed by atoms with Gasteiger partial charge in [0.15, 0.2) is 0 Å².